The largest absolute Gasteiger partial charge is 0.489 e. The quantitative estimate of drug-likeness (QED) is 0.364. The molecule has 1 amide bonds. The molecule has 2 rings (SSSR count). The van der Waals surface area contributed by atoms with Crippen molar-refractivity contribution in [3.63, 3.8) is 0 Å². The maximum absolute atomic E-state index is 14.5. The van der Waals surface area contributed by atoms with Crippen LogP contribution in [-0.2, 0) is 26.8 Å². The number of ether oxygens (including phenoxy) is 1. The minimum atomic E-state index is -3.66. The predicted octanol–water partition coefficient (Wildman–Crippen LogP) is 5.03. The molecule has 6 nitrogen and oxygen atoms in total. The van der Waals surface area contributed by atoms with Crippen LogP contribution in [0.25, 0.3) is 12.2 Å². The third-order valence-corrected chi connectivity index (χ3v) is 5.38. The Labute approximate surface area is 201 Å². The fourth-order valence-corrected chi connectivity index (χ4v) is 3.65. The monoisotopic (exact) mass is 486 g/mol. The molecule has 182 valence electrons. The van der Waals surface area contributed by atoms with Crippen molar-refractivity contribution in [1.29, 1.82) is 0 Å². The molecule has 2 N–H and O–H groups in total. The van der Waals surface area contributed by atoms with Crippen LogP contribution in [0.4, 0.5) is 10.1 Å². The zero-order valence-electron chi connectivity index (χ0n) is 19.9. The second-order valence-corrected chi connectivity index (χ2v) is 10.5. The number of sulfonamides is 1. The van der Waals surface area contributed by atoms with Crippen LogP contribution < -0.4 is 14.8 Å². The lowest BCUT2D eigenvalue weighted by Gasteiger charge is -2.20. The highest BCUT2D eigenvalue weighted by molar-refractivity contribution is 7.92. The molecule has 0 fully saturated rings. The van der Waals surface area contributed by atoms with E-state index in [1.807, 2.05) is 18.2 Å². The lowest BCUT2D eigenvalue weighted by Crippen LogP contribution is -2.20. The number of halogens is 1. The smallest absolute Gasteiger partial charge is 0.244 e. The summed E-state index contributed by atoms with van der Waals surface area (Å²) in [6, 6.07) is 8.55. The van der Waals surface area contributed by atoms with Gasteiger partial charge in [0.25, 0.3) is 0 Å². The van der Waals surface area contributed by atoms with Gasteiger partial charge in [0.15, 0.2) is 0 Å². The van der Waals surface area contributed by atoms with Crippen molar-refractivity contribution < 1.29 is 22.3 Å². The number of hydrogen-bond donors (Lipinski definition) is 2. The zero-order valence-corrected chi connectivity index (χ0v) is 20.8. The number of carbonyl (C=O) groups excluding carboxylic acids is 1. The van der Waals surface area contributed by atoms with Gasteiger partial charge in [0.05, 0.1) is 11.9 Å². The summed E-state index contributed by atoms with van der Waals surface area (Å²) in [4.78, 5) is 12.4. The summed E-state index contributed by atoms with van der Waals surface area (Å²) < 4.78 is 45.3. The molecule has 8 heteroatoms. The van der Waals surface area contributed by atoms with Crippen molar-refractivity contribution in [2.75, 3.05) is 17.6 Å². The van der Waals surface area contributed by atoms with E-state index in [0.717, 1.165) is 23.4 Å². The highest BCUT2D eigenvalue weighted by atomic mass is 32.2. The molecule has 0 unspecified atom stereocenters. The van der Waals surface area contributed by atoms with Crippen molar-refractivity contribution in [2.45, 2.75) is 32.7 Å². The summed E-state index contributed by atoms with van der Waals surface area (Å²) in [6.07, 6.45) is 6.95. The lowest BCUT2D eigenvalue weighted by atomic mass is 9.86. The number of rotatable bonds is 10. The number of nitrogens with one attached hydrogen (secondary N) is 2. The van der Waals surface area contributed by atoms with E-state index in [1.165, 1.54) is 12.2 Å². The normalized spacial score (nSPS) is 11.8. The molecule has 0 aliphatic heterocycles. The molecule has 0 heterocycles. The van der Waals surface area contributed by atoms with E-state index in [0.29, 0.717) is 17.9 Å². The standard InChI is InChI=1S/C26H31FN2O4S/c1-7-13-33-23-16-21(26(3,4)5)11-9-20(23)10-12-24(30)28-17-18-14-19(8-2)25(22(27)15-18)29-34(6,31)32/h7-12,14-16,29H,1-2,13,17H2,3-6H3,(H,28,30)/b12-10+. The Morgan fingerprint density at radius 3 is 2.44 bits per heavy atom. The molecule has 0 bridgehead atoms. The van der Waals surface area contributed by atoms with Gasteiger partial charge in [-0.15, -0.1) is 0 Å². The van der Waals surface area contributed by atoms with Crippen LogP contribution in [0.3, 0.4) is 0 Å². The molecule has 0 spiro atoms. The van der Waals surface area contributed by atoms with Crippen molar-refractivity contribution in [1.82, 2.24) is 5.32 Å². The van der Waals surface area contributed by atoms with Gasteiger partial charge in [-0.05, 0) is 40.8 Å². The Morgan fingerprint density at radius 1 is 1.15 bits per heavy atom. The van der Waals surface area contributed by atoms with Crippen LogP contribution in [0.5, 0.6) is 5.75 Å². The molecule has 0 aliphatic rings. The highest BCUT2D eigenvalue weighted by Crippen LogP contribution is 2.29. The van der Waals surface area contributed by atoms with Crippen molar-refractivity contribution in [3.05, 3.63) is 83.7 Å². The van der Waals surface area contributed by atoms with E-state index in [-0.39, 0.29) is 29.1 Å². The van der Waals surface area contributed by atoms with Gasteiger partial charge in [0, 0.05) is 23.7 Å². The van der Waals surface area contributed by atoms with E-state index in [9.17, 15) is 17.6 Å². The Hall–Kier alpha value is -3.39. The molecule has 34 heavy (non-hydrogen) atoms. The number of anilines is 1. The van der Waals surface area contributed by atoms with Crippen molar-refractivity contribution in [2.24, 2.45) is 0 Å². The SMILES string of the molecule is C=CCOc1cc(C(C)(C)C)ccc1/C=C/C(=O)NCc1cc(F)c(NS(C)(=O)=O)c(C=C)c1. The van der Waals surface area contributed by atoms with Gasteiger partial charge in [-0.1, -0.05) is 58.2 Å². The van der Waals surface area contributed by atoms with Crippen LogP contribution in [-0.4, -0.2) is 27.2 Å². The number of carbonyl (C=O) groups is 1. The Kier molecular flexibility index (Phi) is 8.81. The summed E-state index contributed by atoms with van der Waals surface area (Å²) in [6.45, 7) is 14.0. The van der Waals surface area contributed by atoms with Crippen LogP contribution >= 0.6 is 0 Å². The minimum absolute atomic E-state index is 0.0445. The third kappa shape index (κ3) is 7.88. The summed E-state index contributed by atoms with van der Waals surface area (Å²) in [5.41, 5.74) is 2.32. The van der Waals surface area contributed by atoms with Crippen LogP contribution in [0, 0.1) is 5.82 Å². The van der Waals surface area contributed by atoms with E-state index < -0.39 is 15.8 Å². The van der Waals surface area contributed by atoms with Gasteiger partial charge in [0.1, 0.15) is 18.2 Å². The summed E-state index contributed by atoms with van der Waals surface area (Å²) in [5.74, 6) is -0.498. The van der Waals surface area contributed by atoms with Gasteiger partial charge in [-0.2, -0.15) is 0 Å². The average molecular weight is 487 g/mol. The minimum Gasteiger partial charge on any atom is -0.489 e. The Bertz CT molecular complexity index is 1210. The Morgan fingerprint density at radius 2 is 1.85 bits per heavy atom. The Balaban J connectivity index is 2.16. The van der Waals surface area contributed by atoms with Gasteiger partial charge in [-0.3, -0.25) is 9.52 Å². The molecule has 0 radical (unpaired) electrons. The number of hydrogen-bond acceptors (Lipinski definition) is 4. The van der Waals surface area contributed by atoms with E-state index in [2.05, 4.69) is 44.0 Å². The summed E-state index contributed by atoms with van der Waals surface area (Å²) >= 11 is 0. The molecule has 2 aromatic carbocycles. The zero-order chi connectivity index (χ0) is 25.5. The molecular formula is C26H31FN2O4S. The molecular weight excluding hydrogens is 455 g/mol. The molecule has 0 saturated carbocycles. The summed E-state index contributed by atoms with van der Waals surface area (Å²) in [7, 11) is -3.66. The second-order valence-electron chi connectivity index (χ2n) is 8.77. The second kappa shape index (κ2) is 11.2. The van der Waals surface area contributed by atoms with Gasteiger partial charge in [-0.25, -0.2) is 12.8 Å². The number of benzene rings is 2. The highest BCUT2D eigenvalue weighted by Gasteiger charge is 2.16. The fraction of sp³-hybridized carbons (Fsp3) is 0.269. The van der Waals surface area contributed by atoms with Crippen molar-refractivity contribution in [3.8, 4) is 5.75 Å². The fourth-order valence-electron chi connectivity index (χ4n) is 3.07. The number of amides is 1. The summed E-state index contributed by atoms with van der Waals surface area (Å²) in [5, 5.41) is 2.69. The predicted molar refractivity (Wildman–Crippen MR) is 137 cm³/mol. The maximum atomic E-state index is 14.5. The van der Waals surface area contributed by atoms with Gasteiger partial charge < -0.3 is 10.1 Å². The first-order valence-electron chi connectivity index (χ1n) is 10.6. The van der Waals surface area contributed by atoms with Crippen LogP contribution in [0.1, 0.15) is 43.0 Å². The van der Waals surface area contributed by atoms with E-state index >= 15 is 0 Å². The molecule has 2 aromatic rings. The average Bonchev–Trinajstić information content (AvgIpc) is 2.75. The molecule has 0 aliphatic carbocycles. The maximum Gasteiger partial charge on any atom is 0.244 e. The van der Waals surface area contributed by atoms with E-state index in [1.54, 1.807) is 18.2 Å². The topological polar surface area (TPSA) is 84.5 Å². The van der Waals surface area contributed by atoms with Crippen LogP contribution in [0.15, 0.2) is 55.6 Å². The molecule has 0 aromatic heterocycles. The van der Waals surface area contributed by atoms with E-state index in [4.69, 9.17) is 4.74 Å². The van der Waals surface area contributed by atoms with Gasteiger partial charge >= 0.3 is 0 Å². The lowest BCUT2D eigenvalue weighted by molar-refractivity contribution is -0.116. The molecule has 0 atom stereocenters. The van der Waals surface area contributed by atoms with Crippen molar-refractivity contribution >= 4 is 33.8 Å². The van der Waals surface area contributed by atoms with Gasteiger partial charge in [0.2, 0.25) is 15.9 Å². The van der Waals surface area contributed by atoms with Crippen LogP contribution in [0.2, 0.25) is 0 Å². The first-order valence-corrected chi connectivity index (χ1v) is 12.5. The first-order chi connectivity index (χ1) is 15.8. The first kappa shape index (κ1) is 26.9. The third-order valence-electron chi connectivity index (χ3n) is 4.81. The molecule has 0 saturated heterocycles.